The predicted molar refractivity (Wildman–Crippen MR) is 151 cm³/mol. The summed E-state index contributed by atoms with van der Waals surface area (Å²) in [5, 5.41) is 2.99. The van der Waals surface area contributed by atoms with E-state index in [4.69, 9.17) is 0 Å². The van der Waals surface area contributed by atoms with E-state index < -0.39 is 28.5 Å². The monoisotopic (exact) mass is 529 g/mol. The molecule has 0 heterocycles. The van der Waals surface area contributed by atoms with Gasteiger partial charge in [0.2, 0.25) is 21.8 Å². The molecule has 2 amide bonds. The minimum absolute atomic E-state index is 0.0363. The molecule has 2 rings (SSSR count). The van der Waals surface area contributed by atoms with Crippen molar-refractivity contribution in [3.8, 4) is 0 Å². The second-order valence-corrected chi connectivity index (χ2v) is 12.7. The van der Waals surface area contributed by atoms with Crippen molar-refractivity contribution in [2.75, 3.05) is 17.1 Å². The van der Waals surface area contributed by atoms with E-state index in [0.717, 1.165) is 33.7 Å². The maximum atomic E-state index is 13.8. The summed E-state index contributed by atoms with van der Waals surface area (Å²) in [6, 6.07) is 14.2. The lowest BCUT2D eigenvalue weighted by Gasteiger charge is -2.33. The van der Waals surface area contributed by atoms with Crippen LogP contribution >= 0.6 is 0 Å². The zero-order valence-corrected chi connectivity index (χ0v) is 24.4. The van der Waals surface area contributed by atoms with Gasteiger partial charge in [-0.2, -0.15) is 0 Å². The largest absolute Gasteiger partial charge is 0.352 e. The fourth-order valence-corrected chi connectivity index (χ4v) is 4.92. The molecular weight excluding hydrogens is 486 g/mol. The number of sulfonamides is 1. The molecule has 2 aromatic rings. The number of carbonyl (C=O) groups excluding carboxylic acids is 2. The lowest BCUT2D eigenvalue weighted by molar-refractivity contribution is -0.140. The van der Waals surface area contributed by atoms with Gasteiger partial charge in [0.15, 0.2) is 0 Å². The number of nitrogens with one attached hydrogen (secondary N) is 1. The average Bonchev–Trinajstić information content (AvgIpc) is 2.82. The van der Waals surface area contributed by atoms with Crippen LogP contribution in [0.2, 0.25) is 0 Å². The van der Waals surface area contributed by atoms with Crippen LogP contribution in [0.15, 0.2) is 48.5 Å². The molecular formula is C29H43N3O4S. The first-order valence-corrected chi connectivity index (χ1v) is 14.8. The van der Waals surface area contributed by atoms with Crippen molar-refractivity contribution in [1.29, 1.82) is 0 Å². The van der Waals surface area contributed by atoms with Crippen molar-refractivity contribution in [2.45, 2.75) is 85.4 Å². The van der Waals surface area contributed by atoms with Gasteiger partial charge in [-0.15, -0.1) is 0 Å². The van der Waals surface area contributed by atoms with E-state index in [2.05, 4.69) is 26.1 Å². The van der Waals surface area contributed by atoms with Gasteiger partial charge in [-0.3, -0.25) is 13.9 Å². The summed E-state index contributed by atoms with van der Waals surface area (Å²) in [6.45, 7) is 13.8. The van der Waals surface area contributed by atoms with Crippen LogP contribution in [0.4, 0.5) is 5.69 Å². The molecule has 0 aliphatic carbocycles. The fraction of sp³-hybridized carbons (Fsp3) is 0.517. The Kier molecular flexibility index (Phi) is 10.3. The molecule has 204 valence electrons. The van der Waals surface area contributed by atoms with E-state index in [1.807, 2.05) is 64.1 Å². The van der Waals surface area contributed by atoms with Crippen molar-refractivity contribution in [3.05, 3.63) is 65.2 Å². The molecule has 0 saturated heterocycles. The number of aryl methyl sites for hydroxylation is 1. The molecule has 0 radical (unpaired) electrons. The maximum absolute atomic E-state index is 13.8. The molecule has 7 nitrogen and oxygen atoms in total. The van der Waals surface area contributed by atoms with Crippen LogP contribution < -0.4 is 9.62 Å². The second kappa shape index (κ2) is 12.6. The topological polar surface area (TPSA) is 86.8 Å². The molecule has 0 aromatic heterocycles. The number of rotatable bonds is 11. The smallest absolute Gasteiger partial charge is 0.244 e. The number of benzene rings is 2. The molecule has 0 unspecified atom stereocenters. The van der Waals surface area contributed by atoms with Crippen LogP contribution in [0, 0.1) is 6.92 Å². The molecule has 0 fully saturated rings. The van der Waals surface area contributed by atoms with Crippen molar-refractivity contribution in [3.63, 3.8) is 0 Å². The summed E-state index contributed by atoms with van der Waals surface area (Å²) in [5.41, 5.74) is 3.29. The number of anilines is 1. The zero-order chi connectivity index (χ0) is 28.0. The van der Waals surface area contributed by atoms with E-state index in [9.17, 15) is 18.0 Å². The van der Waals surface area contributed by atoms with Crippen LogP contribution in [0.5, 0.6) is 0 Å². The minimum atomic E-state index is -3.77. The Bertz CT molecular complexity index is 1170. The highest BCUT2D eigenvalue weighted by Gasteiger charge is 2.32. The molecule has 2 atom stereocenters. The Balaban J connectivity index is 2.46. The third kappa shape index (κ3) is 8.32. The third-order valence-electron chi connectivity index (χ3n) is 6.69. The van der Waals surface area contributed by atoms with Gasteiger partial charge >= 0.3 is 0 Å². The van der Waals surface area contributed by atoms with Crippen molar-refractivity contribution in [1.82, 2.24) is 10.2 Å². The Labute approximate surface area is 223 Å². The van der Waals surface area contributed by atoms with E-state index in [-0.39, 0.29) is 23.9 Å². The maximum Gasteiger partial charge on any atom is 0.244 e. The lowest BCUT2D eigenvalue weighted by atomic mass is 9.87. The predicted octanol–water partition coefficient (Wildman–Crippen LogP) is 4.78. The van der Waals surface area contributed by atoms with Gasteiger partial charge < -0.3 is 10.2 Å². The standard InChI is InChI=1S/C29H43N3O4S/c1-9-22(4)30-28(34)26(10-2)31(19-23-14-12-11-13-21(23)3)27(33)20-32(37(8,35)36)25-17-15-24(16-18-25)29(5,6)7/h11-18,22,26H,9-10,19-20H2,1-8H3,(H,30,34)/t22-,26-/m0/s1. The van der Waals surface area contributed by atoms with Gasteiger partial charge in [-0.1, -0.05) is 71.0 Å². The highest BCUT2D eigenvalue weighted by Crippen LogP contribution is 2.26. The molecule has 0 bridgehead atoms. The Morgan fingerprint density at radius 2 is 1.57 bits per heavy atom. The fourth-order valence-electron chi connectivity index (χ4n) is 4.07. The Morgan fingerprint density at radius 3 is 2.05 bits per heavy atom. The van der Waals surface area contributed by atoms with Crippen LogP contribution in [0.1, 0.15) is 71.1 Å². The highest BCUT2D eigenvalue weighted by atomic mass is 32.2. The van der Waals surface area contributed by atoms with Crippen LogP contribution in [0.25, 0.3) is 0 Å². The Hall–Kier alpha value is -2.87. The SMILES string of the molecule is CC[C@H](C)NC(=O)[C@H](CC)N(Cc1ccccc1C)C(=O)CN(c1ccc(C(C)(C)C)cc1)S(C)(=O)=O. The van der Waals surface area contributed by atoms with Crippen LogP contribution in [-0.2, 0) is 31.6 Å². The van der Waals surface area contributed by atoms with Gasteiger partial charge in [-0.05, 0) is 60.9 Å². The van der Waals surface area contributed by atoms with Gasteiger partial charge in [0.1, 0.15) is 12.6 Å². The summed E-state index contributed by atoms with van der Waals surface area (Å²) < 4.78 is 26.8. The number of hydrogen-bond acceptors (Lipinski definition) is 4. The number of amides is 2. The molecule has 0 aliphatic rings. The first-order valence-electron chi connectivity index (χ1n) is 12.9. The summed E-state index contributed by atoms with van der Waals surface area (Å²) in [6.07, 6.45) is 2.26. The third-order valence-corrected chi connectivity index (χ3v) is 7.83. The van der Waals surface area contributed by atoms with E-state index in [0.29, 0.717) is 12.1 Å². The number of hydrogen-bond donors (Lipinski definition) is 1. The highest BCUT2D eigenvalue weighted by molar-refractivity contribution is 7.92. The van der Waals surface area contributed by atoms with E-state index in [1.54, 1.807) is 12.1 Å². The first-order chi connectivity index (χ1) is 17.2. The number of nitrogens with zero attached hydrogens (tertiary/aromatic N) is 2. The first kappa shape index (κ1) is 30.4. The molecule has 2 aromatic carbocycles. The quantitative estimate of drug-likeness (QED) is 0.454. The summed E-state index contributed by atoms with van der Waals surface area (Å²) in [4.78, 5) is 28.5. The van der Waals surface area contributed by atoms with Gasteiger partial charge in [-0.25, -0.2) is 8.42 Å². The summed E-state index contributed by atoms with van der Waals surface area (Å²) in [7, 11) is -3.77. The summed E-state index contributed by atoms with van der Waals surface area (Å²) in [5.74, 6) is -0.668. The normalized spacial score (nSPS) is 13.5. The van der Waals surface area contributed by atoms with Crippen molar-refractivity contribution in [2.24, 2.45) is 0 Å². The molecule has 37 heavy (non-hydrogen) atoms. The molecule has 8 heteroatoms. The van der Waals surface area contributed by atoms with Crippen molar-refractivity contribution >= 4 is 27.5 Å². The molecule has 0 spiro atoms. The van der Waals surface area contributed by atoms with Gasteiger partial charge in [0.05, 0.1) is 11.9 Å². The molecule has 0 saturated carbocycles. The second-order valence-electron chi connectivity index (χ2n) is 10.8. The van der Waals surface area contributed by atoms with Crippen molar-refractivity contribution < 1.29 is 18.0 Å². The van der Waals surface area contributed by atoms with Gasteiger partial charge in [0, 0.05) is 12.6 Å². The molecule has 0 aliphatic heterocycles. The zero-order valence-electron chi connectivity index (χ0n) is 23.5. The molecule has 1 N–H and O–H groups in total. The van der Waals surface area contributed by atoms with Crippen LogP contribution in [0.3, 0.4) is 0 Å². The Morgan fingerprint density at radius 1 is 0.973 bits per heavy atom. The van der Waals surface area contributed by atoms with E-state index in [1.165, 1.54) is 4.90 Å². The van der Waals surface area contributed by atoms with Gasteiger partial charge in [0.25, 0.3) is 0 Å². The summed E-state index contributed by atoms with van der Waals surface area (Å²) >= 11 is 0. The van der Waals surface area contributed by atoms with Crippen LogP contribution in [-0.4, -0.2) is 50.0 Å². The average molecular weight is 530 g/mol. The minimum Gasteiger partial charge on any atom is -0.352 e. The van der Waals surface area contributed by atoms with E-state index >= 15 is 0 Å². The lowest BCUT2D eigenvalue weighted by Crippen LogP contribution is -2.53. The number of carbonyl (C=O) groups is 2.